The first-order valence-electron chi connectivity index (χ1n) is 8.33. The Morgan fingerprint density at radius 1 is 1.41 bits per heavy atom. The molecule has 2 atom stereocenters. The van der Waals surface area contributed by atoms with Crippen LogP contribution in [0.1, 0.15) is 39.0 Å². The van der Waals surface area contributed by atoms with Crippen LogP contribution in [0, 0.1) is 5.41 Å². The monoisotopic (exact) mass is 302 g/mol. The summed E-state index contributed by atoms with van der Waals surface area (Å²) >= 11 is 0. The summed E-state index contributed by atoms with van der Waals surface area (Å²) in [5, 5.41) is 3.13. The van der Waals surface area contributed by atoms with Gasteiger partial charge in [0.05, 0.1) is 6.33 Å². The molecule has 0 unspecified atom stereocenters. The third-order valence-electron chi connectivity index (χ3n) is 4.92. The molecule has 1 aliphatic heterocycles. The maximum Gasteiger partial charge on any atom is 0.317 e. The molecule has 1 fully saturated rings. The van der Waals surface area contributed by atoms with Crippen LogP contribution in [-0.4, -0.2) is 39.6 Å². The number of carbonyl (C=O) groups excluding carboxylic acids is 1. The van der Waals surface area contributed by atoms with Gasteiger partial charge in [-0.3, -0.25) is 0 Å². The number of hydrogen-bond acceptors (Lipinski definition) is 2. The zero-order valence-corrected chi connectivity index (χ0v) is 13.4. The van der Waals surface area contributed by atoms with Crippen molar-refractivity contribution in [1.82, 2.24) is 19.8 Å². The number of imidazole rings is 1. The molecular formula is C17H26N4O. The molecule has 22 heavy (non-hydrogen) atoms. The molecule has 0 aromatic carbocycles. The van der Waals surface area contributed by atoms with E-state index in [1.807, 2.05) is 22.6 Å². The molecular weight excluding hydrogens is 276 g/mol. The van der Waals surface area contributed by atoms with Gasteiger partial charge in [-0.05, 0) is 44.4 Å². The Labute approximate surface area is 132 Å². The van der Waals surface area contributed by atoms with Crippen molar-refractivity contribution >= 4 is 6.03 Å². The van der Waals surface area contributed by atoms with Crippen LogP contribution in [-0.2, 0) is 6.54 Å². The second kappa shape index (κ2) is 6.55. The van der Waals surface area contributed by atoms with E-state index < -0.39 is 0 Å². The standard InChI is InChI=1S/C17H26N4O/c1-15(12-20-11-9-18-14-20)19-16(22)21-10-5-8-17(13-21)6-3-2-4-7-17/h2-3,9,11,14-15H,4-8,10,12-13H2,1H3,(H,19,22)/t15-,17-/m1/s1. The minimum absolute atomic E-state index is 0.0845. The minimum Gasteiger partial charge on any atom is -0.335 e. The summed E-state index contributed by atoms with van der Waals surface area (Å²) in [7, 11) is 0. The minimum atomic E-state index is 0.0845. The van der Waals surface area contributed by atoms with Gasteiger partial charge >= 0.3 is 6.03 Å². The smallest absolute Gasteiger partial charge is 0.317 e. The quantitative estimate of drug-likeness (QED) is 0.873. The van der Waals surface area contributed by atoms with Crippen molar-refractivity contribution in [3.05, 3.63) is 30.9 Å². The van der Waals surface area contributed by atoms with E-state index in [-0.39, 0.29) is 12.1 Å². The Morgan fingerprint density at radius 3 is 3.05 bits per heavy atom. The van der Waals surface area contributed by atoms with E-state index in [4.69, 9.17) is 0 Å². The van der Waals surface area contributed by atoms with Gasteiger partial charge in [0.15, 0.2) is 0 Å². The number of rotatable bonds is 3. The predicted octanol–water partition coefficient (Wildman–Crippen LogP) is 2.80. The van der Waals surface area contributed by atoms with Gasteiger partial charge in [0.1, 0.15) is 0 Å². The number of hydrogen-bond donors (Lipinski definition) is 1. The molecule has 1 saturated heterocycles. The fraction of sp³-hybridized carbons (Fsp3) is 0.647. The van der Waals surface area contributed by atoms with Gasteiger partial charge in [0.2, 0.25) is 0 Å². The highest BCUT2D eigenvalue weighted by Crippen LogP contribution is 2.40. The Kier molecular flexibility index (Phi) is 4.50. The van der Waals surface area contributed by atoms with Crippen LogP contribution in [0.3, 0.4) is 0 Å². The van der Waals surface area contributed by atoms with Gasteiger partial charge in [-0.15, -0.1) is 0 Å². The first kappa shape index (κ1) is 15.1. The van der Waals surface area contributed by atoms with Crippen molar-refractivity contribution in [2.45, 2.75) is 51.6 Å². The number of likely N-dealkylation sites (tertiary alicyclic amines) is 1. The normalized spacial score (nSPS) is 26.1. The number of nitrogens with zero attached hydrogens (tertiary/aromatic N) is 3. The average Bonchev–Trinajstić information content (AvgIpc) is 3.01. The Bertz CT molecular complexity index is 525. The summed E-state index contributed by atoms with van der Waals surface area (Å²) in [5.41, 5.74) is 0.331. The number of urea groups is 1. The molecule has 120 valence electrons. The van der Waals surface area contributed by atoms with Crippen LogP contribution in [0.5, 0.6) is 0 Å². The van der Waals surface area contributed by atoms with Crippen molar-refractivity contribution in [3.8, 4) is 0 Å². The molecule has 2 heterocycles. The first-order valence-corrected chi connectivity index (χ1v) is 8.33. The van der Waals surface area contributed by atoms with E-state index in [9.17, 15) is 4.79 Å². The van der Waals surface area contributed by atoms with Crippen molar-refractivity contribution in [1.29, 1.82) is 0 Å². The SMILES string of the molecule is C[C@H](Cn1ccnc1)NC(=O)N1CCC[C@]2(CC=CCC2)C1. The number of amides is 2. The van der Waals surface area contributed by atoms with E-state index in [1.54, 1.807) is 12.5 Å². The topological polar surface area (TPSA) is 50.2 Å². The van der Waals surface area contributed by atoms with Gasteiger partial charge in [0, 0.05) is 38.1 Å². The molecule has 1 spiro atoms. The summed E-state index contributed by atoms with van der Waals surface area (Å²) < 4.78 is 1.99. The Balaban J connectivity index is 1.54. The Hall–Kier alpha value is -1.78. The van der Waals surface area contributed by atoms with Crippen molar-refractivity contribution in [2.75, 3.05) is 13.1 Å². The highest BCUT2D eigenvalue weighted by atomic mass is 16.2. The van der Waals surface area contributed by atoms with E-state index in [0.29, 0.717) is 5.41 Å². The van der Waals surface area contributed by atoms with E-state index in [0.717, 1.165) is 38.9 Å². The lowest BCUT2D eigenvalue weighted by molar-refractivity contribution is 0.0946. The molecule has 1 aromatic rings. The molecule has 5 nitrogen and oxygen atoms in total. The van der Waals surface area contributed by atoms with Gasteiger partial charge in [-0.2, -0.15) is 0 Å². The van der Waals surface area contributed by atoms with Crippen LogP contribution in [0.15, 0.2) is 30.9 Å². The first-order chi connectivity index (χ1) is 10.7. The number of carbonyl (C=O) groups is 1. The van der Waals surface area contributed by atoms with Crippen LogP contribution in [0.2, 0.25) is 0 Å². The van der Waals surface area contributed by atoms with Crippen molar-refractivity contribution < 1.29 is 4.79 Å². The zero-order valence-electron chi connectivity index (χ0n) is 13.4. The molecule has 1 aliphatic carbocycles. The average molecular weight is 302 g/mol. The predicted molar refractivity (Wildman–Crippen MR) is 86.5 cm³/mol. The lowest BCUT2D eigenvalue weighted by Gasteiger charge is -2.44. The molecule has 1 N–H and O–H groups in total. The summed E-state index contributed by atoms with van der Waals surface area (Å²) in [6.45, 7) is 4.59. The summed E-state index contributed by atoms with van der Waals surface area (Å²) in [6.07, 6.45) is 15.9. The lowest BCUT2D eigenvalue weighted by Crippen LogP contribution is -2.52. The van der Waals surface area contributed by atoms with E-state index in [2.05, 4.69) is 22.5 Å². The molecule has 2 aliphatic rings. The fourth-order valence-electron chi connectivity index (χ4n) is 3.75. The molecule has 0 radical (unpaired) electrons. The van der Waals surface area contributed by atoms with Crippen molar-refractivity contribution in [2.24, 2.45) is 5.41 Å². The van der Waals surface area contributed by atoms with Crippen molar-refractivity contribution in [3.63, 3.8) is 0 Å². The van der Waals surface area contributed by atoms with Gasteiger partial charge in [0.25, 0.3) is 0 Å². The number of allylic oxidation sites excluding steroid dienone is 2. The van der Waals surface area contributed by atoms with Crippen LogP contribution >= 0.6 is 0 Å². The zero-order chi connectivity index (χ0) is 15.4. The van der Waals surface area contributed by atoms with Crippen LogP contribution < -0.4 is 5.32 Å². The molecule has 2 amide bonds. The van der Waals surface area contributed by atoms with Crippen LogP contribution in [0.4, 0.5) is 4.79 Å². The number of aromatic nitrogens is 2. The number of piperidine rings is 1. The molecule has 0 bridgehead atoms. The Morgan fingerprint density at radius 2 is 2.32 bits per heavy atom. The maximum absolute atomic E-state index is 12.5. The third-order valence-corrected chi connectivity index (χ3v) is 4.92. The maximum atomic E-state index is 12.5. The van der Waals surface area contributed by atoms with Gasteiger partial charge in [-0.25, -0.2) is 9.78 Å². The molecule has 0 saturated carbocycles. The molecule has 3 rings (SSSR count). The fourth-order valence-corrected chi connectivity index (χ4v) is 3.75. The third kappa shape index (κ3) is 3.51. The lowest BCUT2D eigenvalue weighted by atomic mass is 9.71. The second-order valence-electron chi connectivity index (χ2n) is 6.85. The summed E-state index contributed by atoms with van der Waals surface area (Å²) in [5.74, 6) is 0. The van der Waals surface area contributed by atoms with Crippen LogP contribution in [0.25, 0.3) is 0 Å². The summed E-state index contributed by atoms with van der Waals surface area (Å²) in [4.78, 5) is 18.6. The summed E-state index contributed by atoms with van der Waals surface area (Å²) in [6, 6.07) is 0.187. The number of nitrogens with one attached hydrogen (secondary N) is 1. The van der Waals surface area contributed by atoms with Gasteiger partial charge in [-0.1, -0.05) is 12.2 Å². The highest BCUT2D eigenvalue weighted by Gasteiger charge is 2.36. The second-order valence-corrected chi connectivity index (χ2v) is 6.85. The molecule has 1 aromatic heterocycles. The highest BCUT2D eigenvalue weighted by molar-refractivity contribution is 5.74. The van der Waals surface area contributed by atoms with Gasteiger partial charge < -0.3 is 14.8 Å². The largest absolute Gasteiger partial charge is 0.335 e. The van der Waals surface area contributed by atoms with E-state index in [1.165, 1.54) is 12.8 Å². The van der Waals surface area contributed by atoms with E-state index >= 15 is 0 Å². The molecule has 5 heteroatoms.